The normalized spacial score (nSPS) is 9.75. The lowest BCUT2D eigenvalue weighted by Gasteiger charge is -2.18. The molecule has 0 bridgehead atoms. The Bertz CT molecular complexity index is 308. The minimum absolute atomic E-state index is 0.0352. The molecule has 5 N–H and O–H groups in total. The Labute approximate surface area is 148 Å². The Balaban J connectivity index is -0.000000153. The second-order valence-corrected chi connectivity index (χ2v) is 4.72. The molecule has 1 atom stereocenters. The van der Waals surface area contributed by atoms with Gasteiger partial charge in [-0.2, -0.15) is 0 Å². The minimum atomic E-state index is -0.443. The maximum absolute atomic E-state index is 11.4. The van der Waals surface area contributed by atoms with Crippen molar-refractivity contribution in [1.82, 2.24) is 16.0 Å². The fraction of sp³-hybridized carbons (Fsp3) is 0.824. The highest BCUT2D eigenvalue weighted by molar-refractivity contribution is 5.87. The SMILES string of the molecule is CC.CC.CCCNC(N)=O.CNC(C(=O)NCC(C)=O)C(C)C. The number of nitrogens with one attached hydrogen (secondary N) is 3. The number of hydrogen-bond donors (Lipinski definition) is 4. The average Bonchev–Trinajstić information content (AvgIpc) is 2.55. The van der Waals surface area contributed by atoms with Gasteiger partial charge in [-0.3, -0.25) is 9.59 Å². The zero-order valence-electron chi connectivity index (χ0n) is 17.1. The number of primary amides is 1. The molecule has 1 unspecified atom stereocenters. The van der Waals surface area contributed by atoms with Gasteiger partial charge in [0.05, 0.1) is 12.6 Å². The molecule has 24 heavy (non-hydrogen) atoms. The van der Waals surface area contributed by atoms with Gasteiger partial charge in [-0.1, -0.05) is 48.5 Å². The molecule has 0 aromatic carbocycles. The summed E-state index contributed by atoms with van der Waals surface area (Å²) in [6.07, 6.45) is 0.933. The van der Waals surface area contributed by atoms with Gasteiger partial charge in [0.1, 0.15) is 5.78 Å². The Morgan fingerprint density at radius 1 is 1.00 bits per heavy atom. The minimum Gasteiger partial charge on any atom is -0.352 e. The van der Waals surface area contributed by atoms with E-state index < -0.39 is 6.03 Å². The van der Waals surface area contributed by atoms with E-state index in [0.717, 1.165) is 6.42 Å². The van der Waals surface area contributed by atoms with E-state index in [0.29, 0.717) is 6.54 Å². The molecular formula is C17H40N4O3. The molecule has 0 aliphatic carbocycles. The van der Waals surface area contributed by atoms with Crippen molar-refractivity contribution >= 4 is 17.7 Å². The number of likely N-dealkylation sites (N-methyl/N-ethyl adjacent to an activating group) is 1. The van der Waals surface area contributed by atoms with Gasteiger partial charge in [-0.25, -0.2) is 4.79 Å². The van der Waals surface area contributed by atoms with Crippen LogP contribution in [0.1, 0.15) is 61.8 Å². The van der Waals surface area contributed by atoms with Gasteiger partial charge < -0.3 is 21.7 Å². The van der Waals surface area contributed by atoms with E-state index in [4.69, 9.17) is 5.73 Å². The third-order valence-electron chi connectivity index (χ3n) is 2.32. The molecule has 0 heterocycles. The summed E-state index contributed by atoms with van der Waals surface area (Å²) >= 11 is 0. The molecule has 0 radical (unpaired) electrons. The molecule has 7 nitrogen and oxygen atoms in total. The highest BCUT2D eigenvalue weighted by Gasteiger charge is 2.19. The van der Waals surface area contributed by atoms with Crippen molar-refractivity contribution < 1.29 is 14.4 Å². The second kappa shape index (κ2) is 23.6. The van der Waals surface area contributed by atoms with Gasteiger partial charge in [0.2, 0.25) is 5.91 Å². The molecule has 0 saturated carbocycles. The maximum atomic E-state index is 11.4. The summed E-state index contributed by atoms with van der Waals surface area (Å²) in [7, 11) is 1.73. The lowest BCUT2D eigenvalue weighted by Crippen LogP contribution is -2.46. The fourth-order valence-electron chi connectivity index (χ4n) is 1.34. The number of carbonyl (C=O) groups is 3. The van der Waals surface area contributed by atoms with Crippen molar-refractivity contribution in [3.05, 3.63) is 0 Å². The maximum Gasteiger partial charge on any atom is 0.312 e. The first-order chi connectivity index (χ1) is 11.3. The first-order valence-corrected chi connectivity index (χ1v) is 8.73. The molecular weight excluding hydrogens is 308 g/mol. The van der Waals surface area contributed by atoms with E-state index in [1.807, 2.05) is 48.5 Å². The van der Waals surface area contributed by atoms with E-state index >= 15 is 0 Å². The van der Waals surface area contributed by atoms with E-state index in [2.05, 4.69) is 16.0 Å². The Hall–Kier alpha value is -1.63. The van der Waals surface area contributed by atoms with Gasteiger partial charge >= 0.3 is 6.03 Å². The number of amides is 3. The van der Waals surface area contributed by atoms with E-state index in [9.17, 15) is 14.4 Å². The van der Waals surface area contributed by atoms with Crippen LogP contribution in [0.25, 0.3) is 0 Å². The predicted molar refractivity (Wildman–Crippen MR) is 102 cm³/mol. The highest BCUT2D eigenvalue weighted by Crippen LogP contribution is 2.00. The molecule has 7 heteroatoms. The van der Waals surface area contributed by atoms with Crippen LogP contribution in [0.4, 0.5) is 4.79 Å². The number of carbonyl (C=O) groups excluding carboxylic acids is 3. The molecule has 0 spiro atoms. The Kier molecular flexibility index (Phi) is 29.8. The van der Waals surface area contributed by atoms with Gasteiger partial charge in [0.15, 0.2) is 0 Å². The first-order valence-electron chi connectivity index (χ1n) is 8.73. The van der Waals surface area contributed by atoms with E-state index in [-0.39, 0.29) is 30.2 Å². The Morgan fingerprint density at radius 3 is 1.67 bits per heavy atom. The third-order valence-corrected chi connectivity index (χ3v) is 2.32. The lowest BCUT2D eigenvalue weighted by atomic mass is 10.0. The molecule has 0 aliphatic heterocycles. The van der Waals surface area contributed by atoms with E-state index in [1.54, 1.807) is 7.05 Å². The van der Waals surface area contributed by atoms with Crippen molar-refractivity contribution in [2.75, 3.05) is 20.1 Å². The first kappa shape index (κ1) is 30.3. The van der Waals surface area contributed by atoms with Crippen LogP contribution in [-0.2, 0) is 9.59 Å². The number of ketones is 1. The standard InChI is InChI=1S/C9H18N2O2.C4H10N2O.2C2H6/c1-6(2)8(10-4)9(13)11-5-7(3)12;1-2-3-6-4(5)7;2*1-2/h6,8,10H,5H2,1-4H3,(H,11,13);2-3H2,1H3,(H3,5,6,7);2*1-2H3. The van der Waals surface area contributed by atoms with Crippen LogP contribution in [0.15, 0.2) is 0 Å². The van der Waals surface area contributed by atoms with Crippen LogP contribution in [0.3, 0.4) is 0 Å². The summed E-state index contributed by atoms with van der Waals surface area (Å²) in [5, 5.41) is 7.90. The Morgan fingerprint density at radius 2 is 1.46 bits per heavy atom. The van der Waals surface area contributed by atoms with Crippen LogP contribution >= 0.6 is 0 Å². The quantitative estimate of drug-likeness (QED) is 0.564. The number of nitrogens with two attached hydrogens (primary N) is 1. The molecule has 0 saturated heterocycles. The van der Waals surface area contributed by atoms with Gasteiger partial charge in [-0.05, 0) is 26.3 Å². The van der Waals surface area contributed by atoms with Crippen molar-refractivity contribution in [2.45, 2.75) is 67.9 Å². The van der Waals surface area contributed by atoms with Crippen LogP contribution < -0.4 is 21.7 Å². The zero-order chi connectivity index (χ0) is 20.1. The smallest absolute Gasteiger partial charge is 0.312 e. The molecule has 3 amide bonds. The zero-order valence-corrected chi connectivity index (χ0v) is 17.1. The summed E-state index contributed by atoms with van der Waals surface area (Å²) in [5.41, 5.74) is 4.73. The van der Waals surface area contributed by atoms with Crippen LogP contribution in [0.2, 0.25) is 0 Å². The van der Waals surface area contributed by atoms with Crippen molar-refractivity contribution in [2.24, 2.45) is 11.7 Å². The average molecular weight is 349 g/mol. The van der Waals surface area contributed by atoms with Crippen molar-refractivity contribution in [3.8, 4) is 0 Å². The summed E-state index contributed by atoms with van der Waals surface area (Å²) < 4.78 is 0. The lowest BCUT2D eigenvalue weighted by molar-refractivity contribution is -0.126. The largest absolute Gasteiger partial charge is 0.352 e. The van der Waals surface area contributed by atoms with E-state index in [1.165, 1.54) is 6.92 Å². The summed E-state index contributed by atoms with van der Waals surface area (Å²) in [6.45, 7) is 16.1. The predicted octanol–water partition coefficient (Wildman–Crippen LogP) is 2.05. The van der Waals surface area contributed by atoms with Gasteiger partial charge in [0.25, 0.3) is 0 Å². The van der Waals surface area contributed by atoms with Gasteiger partial charge in [-0.15, -0.1) is 0 Å². The number of urea groups is 1. The van der Waals surface area contributed by atoms with Crippen LogP contribution in [-0.4, -0.2) is 43.9 Å². The molecule has 0 aromatic rings. The summed E-state index contributed by atoms with van der Waals surface area (Å²) in [5.74, 6) is 0.0663. The van der Waals surface area contributed by atoms with Crippen LogP contribution in [0, 0.1) is 5.92 Å². The fourth-order valence-corrected chi connectivity index (χ4v) is 1.34. The number of Topliss-reactive ketones (excluding diaryl/α,β-unsaturated/α-hetero) is 1. The second-order valence-electron chi connectivity index (χ2n) is 4.72. The molecule has 146 valence electrons. The molecule has 0 aliphatic rings. The molecule has 0 rings (SSSR count). The number of rotatable bonds is 7. The van der Waals surface area contributed by atoms with Crippen molar-refractivity contribution in [3.63, 3.8) is 0 Å². The number of hydrogen-bond acceptors (Lipinski definition) is 4. The summed E-state index contributed by atoms with van der Waals surface area (Å²) in [4.78, 5) is 31.9. The van der Waals surface area contributed by atoms with Crippen LogP contribution in [0.5, 0.6) is 0 Å². The third kappa shape index (κ3) is 25.3. The summed E-state index contributed by atoms with van der Waals surface area (Å²) in [6, 6.07) is -0.666. The topological polar surface area (TPSA) is 113 Å². The monoisotopic (exact) mass is 348 g/mol. The molecule has 0 fully saturated rings. The molecule has 0 aromatic heterocycles. The van der Waals surface area contributed by atoms with Crippen molar-refractivity contribution in [1.29, 1.82) is 0 Å². The van der Waals surface area contributed by atoms with Gasteiger partial charge in [0, 0.05) is 6.54 Å². The highest BCUT2D eigenvalue weighted by atomic mass is 16.2.